The molecule has 0 N–H and O–H groups in total. The van der Waals surface area contributed by atoms with Crippen LogP contribution >= 0.6 is 11.3 Å². The van der Waals surface area contributed by atoms with Gasteiger partial charge in [-0.1, -0.05) is 29.5 Å². The van der Waals surface area contributed by atoms with Gasteiger partial charge in [0.15, 0.2) is 5.13 Å². The number of hydrogen-bond acceptors (Lipinski definition) is 6. The molecule has 2 aromatic carbocycles. The monoisotopic (exact) mass is 439 g/mol. The fourth-order valence-electron chi connectivity index (χ4n) is 3.84. The number of ether oxygens (including phenoxy) is 2. The number of aryl methyl sites for hydroxylation is 2. The number of nitrogens with zero attached hydrogens (tertiary/aromatic N) is 3. The molecular formula is C24H29N3O3S. The van der Waals surface area contributed by atoms with Gasteiger partial charge in [0, 0.05) is 31.7 Å². The summed E-state index contributed by atoms with van der Waals surface area (Å²) in [4.78, 5) is 22.7. The maximum absolute atomic E-state index is 13.5. The van der Waals surface area contributed by atoms with Crippen LogP contribution in [0.25, 0.3) is 10.2 Å². The van der Waals surface area contributed by atoms with E-state index < -0.39 is 0 Å². The Morgan fingerprint density at radius 2 is 1.97 bits per heavy atom. The highest BCUT2D eigenvalue weighted by Crippen LogP contribution is 2.34. The number of thiazole rings is 1. The number of anilines is 1. The van der Waals surface area contributed by atoms with Crippen molar-refractivity contribution < 1.29 is 14.3 Å². The topological polar surface area (TPSA) is 54.9 Å². The summed E-state index contributed by atoms with van der Waals surface area (Å²) in [6.07, 6.45) is 0.879. The Balaban J connectivity index is 1.62. The molecule has 1 saturated heterocycles. The maximum atomic E-state index is 13.5. The predicted molar refractivity (Wildman–Crippen MR) is 126 cm³/mol. The van der Waals surface area contributed by atoms with E-state index in [4.69, 9.17) is 14.5 Å². The van der Waals surface area contributed by atoms with Crippen LogP contribution in [0, 0.1) is 13.8 Å². The standard InChI is InChI=1S/C24H29N3O3S/c1-17-8-9-18(2)22-21(17)25-24(31-22)27(11-5-10-26-12-14-30-15-13-26)23(28)19-6-4-7-20(16-19)29-3/h4,6-9,16H,5,10-15H2,1-3H3. The van der Waals surface area contributed by atoms with E-state index in [-0.39, 0.29) is 5.91 Å². The molecule has 6 nitrogen and oxygen atoms in total. The van der Waals surface area contributed by atoms with E-state index in [1.165, 1.54) is 5.56 Å². The summed E-state index contributed by atoms with van der Waals surface area (Å²) in [5.74, 6) is 0.630. The number of rotatable bonds is 7. The second-order valence-electron chi connectivity index (χ2n) is 7.87. The molecule has 31 heavy (non-hydrogen) atoms. The number of morpholine rings is 1. The highest BCUT2D eigenvalue weighted by molar-refractivity contribution is 7.22. The number of amides is 1. The quantitative estimate of drug-likeness (QED) is 0.550. The van der Waals surface area contributed by atoms with Crippen LogP contribution in [0.2, 0.25) is 0 Å². The molecule has 1 aromatic heterocycles. The molecule has 3 aromatic rings. The zero-order valence-electron chi connectivity index (χ0n) is 18.4. The minimum atomic E-state index is -0.0461. The summed E-state index contributed by atoms with van der Waals surface area (Å²) in [7, 11) is 1.61. The molecule has 2 heterocycles. The van der Waals surface area contributed by atoms with Crippen LogP contribution in [0.3, 0.4) is 0 Å². The summed E-state index contributed by atoms with van der Waals surface area (Å²) in [6, 6.07) is 11.5. The molecule has 0 saturated carbocycles. The fraction of sp³-hybridized carbons (Fsp3) is 0.417. The number of methoxy groups -OCH3 is 1. The Morgan fingerprint density at radius 1 is 1.19 bits per heavy atom. The molecule has 0 radical (unpaired) electrons. The first-order chi connectivity index (χ1) is 15.1. The summed E-state index contributed by atoms with van der Waals surface area (Å²) < 4.78 is 11.9. The summed E-state index contributed by atoms with van der Waals surface area (Å²) in [6.45, 7) is 9.17. The Labute approximate surface area is 187 Å². The lowest BCUT2D eigenvalue weighted by atomic mass is 10.1. The second kappa shape index (κ2) is 9.77. The van der Waals surface area contributed by atoms with Crippen molar-refractivity contribution in [3.05, 3.63) is 53.1 Å². The molecule has 0 bridgehead atoms. The first-order valence-corrected chi connectivity index (χ1v) is 11.5. The van der Waals surface area contributed by atoms with E-state index in [1.54, 1.807) is 24.5 Å². The van der Waals surface area contributed by atoms with Crippen molar-refractivity contribution in [1.29, 1.82) is 0 Å². The van der Waals surface area contributed by atoms with Crippen LogP contribution in [-0.2, 0) is 4.74 Å². The summed E-state index contributed by atoms with van der Waals surface area (Å²) >= 11 is 1.59. The van der Waals surface area contributed by atoms with Gasteiger partial charge in [0.25, 0.3) is 5.91 Å². The molecular weight excluding hydrogens is 410 g/mol. The zero-order valence-corrected chi connectivity index (χ0v) is 19.2. The number of benzene rings is 2. The third kappa shape index (κ3) is 4.89. The number of hydrogen-bond donors (Lipinski definition) is 0. The van der Waals surface area contributed by atoms with E-state index in [0.717, 1.165) is 60.2 Å². The average Bonchev–Trinajstić information content (AvgIpc) is 3.26. The van der Waals surface area contributed by atoms with Crippen molar-refractivity contribution in [2.45, 2.75) is 20.3 Å². The summed E-state index contributed by atoms with van der Waals surface area (Å²) in [5.41, 5.74) is 3.91. The van der Waals surface area contributed by atoms with Crippen LogP contribution in [0.1, 0.15) is 27.9 Å². The lowest BCUT2D eigenvalue weighted by Crippen LogP contribution is -2.39. The Bertz CT molecular complexity index is 1020. The molecule has 0 atom stereocenters. The first kappa shape index (κ1) is 21.7. The van der Waals surface area contributed by atoms with E-state index in [9.17, 15) is 4.79 Å². The van der Waals surface area contributed by atoms with Gasteiger partial charge in [-0.3, -0.25) is 14.6 Å². The Hall–Kier alpha value is -2.48. The third-order valence-electron chi connectivity index (χ3n) is 5.68. The number of carbonyl (C=O) groups excluding carboxylic acids is 1. The van der Waals surface area contributed by atoms with Crippen molar-refractivity contribution in [2.75, 3.05) is 51.4 Å². The molecule has 0 spiro atoms. The van der Waals surface area contributed by atoms with Gasteiger partial charge in [0.2, 0.25) is 0 Å². The largest absolute Gasteiger partial charge is 0.497 e. The van der Waals surface area contributed by atoms with Gasteiger partial charge in [-0.05, 0) is 49.6 Å². The Kier molecular flexibility index (Phi) is 6.85. The van der Waals surface area contributed by atoms with Crippen LogP contribution < -0.4 is 9.64 Å². The highest BCUT2D eigenvalue weighted by Gasteiger charge is 2.23. The molecule has 0 aliphatic carbocycles. The SMILES string of the molecule is COc1cccc(C(=O)N(CCCN2CCOCC2)c2nc3c(C)ccc(C)c3s2)c1. The molecule has 0 unspecified atom stereocenters. The van der Waals surface area contributed by atoms with Crippen LogP contribution in [-0.4, -0.2) is 62.3 Å². The van der Waals surface area contributed by atoms with Gasteiger partial charge in [0.1, 0.15) is 5.75 Å². The number of aromatic nitrogens is 1. The van der Waals surface area contributed by atoms with Crippen molar-refractivity contribution in [3.63, 3.8) is 0 Å². The van der Waals surface area contributed by atoms with Gasteiger partial charge in [-0.15, -0.1) is 0 Å². The molecule has 4 rings (SSSR count). The highest BCUT2D eigenvalue weighted by atomic mass is 32.1. The van der Waals surface area contributed by atoms with Crippen LogP contribution in [0.5, 0.6) is 5.75 Å². The van der Waals surface area contributed by atoms with Crippen LogP contribution in [0.15, 0.2) is 36.4 Å². The second-order valence-corrected chi connectivity index (χ2v) is 8.85. The molecule has 1 aliphatic rings. The average molecular weight is 440 g/mol. The van der Waals surface area contributed by atoms with Gasteiger partial charge in [0.05, 0.1) is 30.5 Å². The van der Waals surface area contributed by atoms with E-state index in [0.29, 0.717) is 17.9 Å². The van der Waals surface area contributed by atoms with Crippen LogP contribution in [0.4, 0.5) is 5.13 Å². The van der Waals surface area contributed by atoms with Gasteiger partial charge in [-0.25, -0.2) is 4.98 Å². The molecule has 7 heteroatoms. The minimum absolute atomic E-state index is 0.0461. The van der Waals surface area contributed by atoms with Gasteiger partial charge in [-0.2, -0.15) is 0 Å². The van der Waals surface area contributed by atoms with Crippen molar-refractivity contribution in [3.8, 4) is 5.75 Å². The number of fused-ring (bicyclic) bond motifs is 1. The molecule has 1 fully saturated rings. The normalized spacial score (nSPS) is 14.7. The molecule has 1 aliphatic heterocycles. The van der Waals surface area contributed by atoms with E-state index in [1.807, 2.05) is 23.1 Å². The van der Waals surface area contributed by atoms with Crippen molar-refractivity contribution in [1.82, 2.24) is 9.88 Å². The van der Waals surface area contributed by atoms with Gasteiger partial charge < -0.3 is 9.47 Å². The zero-order chi connectivity index (χ0) is 21.8. The smallest absolute Gasteiger partial charge is 0.260 e. The maximum Gasteiger partial charge on any atom is 0.260 e. The lowest BCUT2D eigenvalue weighted by molar-refractivity contribution is 0.0376. The third-order valence-corrected chi connectivity index (χ3v) is 6.90. The minimum Gasteiger partial charge on any atom is -0.497 e. The molecule has 164 valence electrons. The Morgan fingerprint density at radius 3 is 2.71 bits per heavy atom. The van der Waals surface area contributed by atoms with E-state index in [2.05, 4.69) is 30.9 Å². The predicted octanol–water partition coefficient (Wildman–Crippen LogP) is 4.29. The van der Waals surface area contributed by atoms with Crippen molar-refractivity contribution in [2.24, 2.45) is 0 Å². The fourth-order valence-corrected chi connectivity index (χ4v) is 4.97. The summed E-state index contributed by atoms with van der Waals surface area (Å²) in [5, 5.41) is 0.752. The molecule has 1 amide bonds. The van der Waals surface area contributed by atoms with Crippen molar-refractivity contribution >= 4 is 32.6 Å². The first-order valence-electron chi connectivity index (χ1n) is 10.7. The van der Waals surface area contributed by atoms with E-state index >= 15 is 0 Å². The lowest BCUT2D eigenvalue weighted by Gasteiger charge is -2.27. The van der Waals surface area contributed by atoms with Gasteiger partial charge >= 0.3 is 0 Å². The number of carbonyl (C=O) groups is 1.